The average Bonchev–Trinajstić information content (AvgIpc) is 2.84. The van der Waals surface area contributed by atoms with Crippen molar-refractivity contribution in [1.82, 2.24) is 9.88 Å². The van der Waals surface area contributed by atoms with E-state index in [0.29, 0.717) is 18.2 Å². The second-order valence-corrected chi connectivity index (χ2v) is 5.43. The van der Waals surface area contributed by atoms with Gasteiger partial charge in [-0.2, -0.15) is 11.8 Å². The number of hydrogen-bond donors (Lipinski definition) is 1. The van der Waals surface area contributed by atoms with Crippen molar-refractivity contribution in [2.45, 2.75) is 18.9 Å². The third-order valence-corrected chi connectivity index (χ3v) is 4.17. The molecule has 0 aliphatic carbocycles. The topological polar surface area (TPSA) is 59.2 Å². The van der Waals surface area contributed by atoms with Crippen LogP contribution in [0.4, 0.5) is 5.69 Å². The van der Waals surface area contributed by atoms with E-state index in [1.165, 1.54) is 0 Å². The third-order valence-electron chi connectivity index (χ3n) is 3.03. The van der Waals surface area contributed by atoms with Gasteiger partial charge in [-0.25, -0.2) is 0 Å². The number of hydrogen-bond acceptors (Lipinski definition) is 4. The van der Waals surface area contributed by atoms with Crippen molar-refractivity contribution in [2.24, 2.45) is 0 Å². The van der Waals surface area contributed by atoms with Crippen LogP contribution in [0.1, 0.15) is 12.1 Å². The highest BCUT2D eigenvalue weighted by molar-refractivity contribution is 7.99. The van der Waals surface area contributed by atoms with E-state index in [9.17, 15) is 4.79 Å². The lowest BCUT2D eigenvalue weighted by Crippen LogP contribution is -2.38. The van der Waals surface area contributed by atoms with E-state index in [4.69, 9.17) is 5.73 Å². The van der Waals surface area contributed by atoms with Gasteiger partial charge in [0, 0.05) is 24.5 Å². The molecule has 2 heterocycles. The van der Waals surface area contributed by atoms with Gasteiger partial charge in [0.1, 0.15) is 0 Å². The largest absolute Gasteiger partial charge is 0.397 e. The third kappa shape index (κ3) is 3.78. The van der Waals surface area contributed by atoms with Gasteiger partial charge in [-0.05, 0) is 24.3 Å². The SMILES string of the molecule is CN(C(=O)Cc1ccc(N)cn1)C1CCSC1.Cl. The fourth-order valence-electron chi connectivity index (χ4n) is 1.85. The molecule has 1 aromatic heterocycles. The maximum absolute atomic E-state index is 12.0. The van der Waals surface area contributed by atoms with Crippen LogP contribution in [-0.4, -0.2) is 40.4 Å². The lowest BCUT2D eigenvalue weighted by Gasteiger charge is -2.23. The molecular weight excluding hydrogens is 270 g/mol. The molecule has 0 bridgehead atoms. The fourth-order valence-corrected chi connectivity index (χ4v) is 3.12. The maximum atomic E-state index is 12.0. The molecule has 1 fully saturated rings. The predicted molar refractivity (Wildman–Crippen MR) is 78.1 cm³/mol. The monoisotopic (exact) mass is 287 g/mol. The molecule has 4 nitrogen and oxygen atoms in total. The quantitative estimate of drug-likeness (QED) is 0.917. The minimum absolute atomic E-state index is 0. The summed E-state index contributed by atoms with van der Waals surface area (Å²) in [6.45, 7) is 0. The maximum Gasteiger partial charge on any atom is 0.228 e. The number of carbonyl (C=O) groups is 1. The Morgan fingerprint density at radius 3 is 2.94 bits per heavy atom. The van der Waals surface area contributed by atoms with Crippen LogP contribution in [0.5, 0.6) is 0 Å². The second-order valence-electron chi connectivity index (χ2n) is 4.28. The number of anilines is 1. The fraction of sp³-hybridized carbons (Fsp3) is 0.500. The molecule has 1 aromatic rings. The smallest absolute Gasteiger partial charge is 0.228 e. The first kappa shape index (κ1) is 15.1. The number of carbonyl (C=O) groups excluding carboxylic acids is 1. The predicted octanol–water partition coefficient (Wildman–Crippen LogP) is 1.59. The molecule has 0 radical (unpaired) electrons. The van der Waals surface area contributed by atoms with Gasteiger partial charge in [0.05, 0.1) is 18.3 Å². The number of nitrogens with zero attached hydrogens (tertiary/aromatic N) is 2. The van der Waals surface area contributed by atoms with Gasteiger partial charge < -0.3 is 10.6 Å². The number of nitrogens with two attached hydrogens (primary N) is 1. The summed E-state index contributed by atoms with van der Waals surface area (Å²) in [6.07, 6.45) is 3.05. The molecule has 1 amide bonds. The van der Waals surface area contributed by atoms with Crippen molar-refractivity contribution in [3.05, 3.63) is 24.0 Å². The molecule has 1 saturated heterocycles. The molecule has 0 spiro atoms. The van der Waals surface area contributed by atoms with E-state index in [0.717, 1.165) is 23.6 Å². The Morgan fingerprint density at radius 2 is 2.39 bits per heavy atom. The molecule has 1 atom stereocenters. The number of aromatic nitrogens is 1. The first-order valence-corrected chi connectivity index (χ1v) is 6.86. The molecule has 2 rings (SSSR count). The number of rotatable bonds is 3. The summed E-state index contributed by atoms with van der Waals surface area (Å²) in [5.41, 5.74) is 6.96. The van der Waals surface area contributed by atoms with E-state index < -0.39 is 0 Å². The Hall–Kier alpha value is -0.940. The van der Waals surface area contributed by atoms with Crippen LogP contribution in [0, 0.1) is 0 Å². The zero-order chi connectivity index (χ0) is 12.3. The zero-order valence-electron chi connectivity index (χ0n) is 10.3. The van der Waals surface area contributed by atoms with Crippen LogP contribution in [0.3, 0.4) is 0 Å². The Labute approximate surface area is 118 Å². The molecule has 0 aromatic carbocycles. The first-order valence-electron chi connectivity index (χ1n) is 5.70. The van der Waals surface area contributed by atoms with Crippen LogP contribution in [0.15, 0.2) is 18.3 Å². The van der Waals surface area contributed by atoms with Gasteiger partial charge in [0.15, 0.2) is 0 Å². The normalized spacial score (nSPS) is 18.2. The summed E-state index contributed by atoms with van der Waals surface area (Å²) >= 11 is 1.91. The van der Waals surface area contributed by atoms with E-state index in [1.807, 2.05) is 29.8 Å². The first-order chi connectivity index (χ1) is 8.16. The summed E-state index contributed by atoms with van der Waals surface area (Å²) in [4.78, 5) is 18.0. The second kappa shape index (κ2) is 6.85. The van der Waals surface area contributed by atoms with Crippen molar-refractivity contribution in [1.29, 1.82) is 0 Å². The van der Waals surface area contributed by atoms with Gasteiger partial charge in [0.25, 0.3) is 0 Å². The van der Waals surface area contributed by atoms with Gasteiger partial charge in [-0.3, -0.25) is 9.78 Å². The molecular formula is C12H18ClN3OS. The highest BCUT2D eigenvalue weighted by Gasteiger charge is 2.23. The highest BCUT2D eigenvalue weighted by Crippen LogP contribution is 2.21. The lowest BCUT2D eigenvalue weighted by molar-refractivity contribution is -0.130. The minimum Gasteiger partial charge on any atom is -0.397 e. The molecule has 0 saturated carbocycles. The van der Waals surface area contributed by atoms with E-state index in [2.05, 4.69) is 4.98 Å². The van der Waals surface area contributed by atoms with E-state index in [-0.39, 0.29) is 18.3 Å². The molecule has 6 heteroatoms. The minimum atomic E-state index is 0. The summed E-state index contributed by atoms with van der Waals surface area (Å²) in [7, 11) is 1.89. The summed E-state index contributed by atoms with van der Waals surface area (Å²) < 4.78 is 0. The standard InChI is InChI=1S/C12H17N3OS.ClH/c1-15(11-4-5-17-8-11)12(16)6-10-3-2-9(13)7-14-10;/h2-3,7,11H,4-6,8,13H2,1H3;1H. The Kier molecular flexibility index (Phi) is 5.75. The van der Waals surface area contributed by atoms with Gasteiger partial charge in [-0.1, -0.05) is 0 Å². The number of halogens is 1. The van der Waals surface area contributed by atoms with Crippen molar-refractivity contribution in [3.8, 4) is 0 Å². The summed E-state index contributed by atoms with van der Waals surface area (Å²) in [5, 5.41) is 0. The average molecular weight is 288 g/mol. The van der Waals surface area contributed by atoms with Crippen LogP contribution < -0.4 is 5.73 Å². The van der Waals surface area contributed by atoms with Gasteiger partial charge in [0.2, 0.25) is 5.91 Å². The highest BCUT2D eigenvalue weighted by atomic mass is 35.5. The number of nitrogen functional groups attached to an aromatic ring is 1. The number of pyridine rings is 1. The van der Waals surface area contributed by atoms with Crippen LogP contribution in [0.25, 0.3) is 0 Å². The molecule has 18 heavy (non-hydrogen) atoms. The van der Waals surface area contributed by atoms with Gasteiger partial charge in [-0.15, -0.1) is 12.4 Å². The lowest BCUT2D eigenvalue weighted by atomic mass is 10.2. The van der Waals surface area contributed by atoms with Crippen molar-refractivity contribution >= 4 is 35.8 Å². The van der Waals surface area contributed by atoms with E-state index >= 15 is 0 Å². The van der Waals surface area contributed by atoms with E-state index in [1.54, 1.807) is 12.3 Å². The van der Waals surface area contributed by atoms with Crippen LogP contribution >= 0.6 is 24.2 Å². The summed E-state index contributed by atoms with van der Waals surface area (Å²) in [6, 6.07) is 3.98. The molecule has 1 aliphatic heterocycles. The van der Waals surface area contributed by atoms with Gasteiger partial charge >= 0.3 is 0 Å². The molecule has 1 aliphatic rings. The van der Waals surface area contributed by atoms with Crippen LogP contribution in [0.2, 0.25) is 0 Å². The zero-order valence-corrected chi connectivity index (χ0v) is 12.0. The molecule has 1 unspecified atom stereocenters. The van der Waals surface area contributed by atoms with Crippen LogP contribution in [-0.2, 0) is 11.2 Å². The summed E-state index contributed by atoms with van der Waals surface area (Å²) in [5.74, 6) is 2.34. The Morgan fingerprint density at radius 1 is 1.61 bits per heavy atom. The molecule has 100 valence electrons. The Bertz CT molecular complexity index is 393. The molecule has 2 N–H and O–H groups in total. The number of likely N-dealkylation sites (N-methyl/N-ethyl adjacent to an activating group) is 1. The Balaban J connectivity index is 0.00000162. The van der Waals surface area contributed by atoms with Crippen molar-refractivity contribution in [3.63, 3.8) is 0 Å². The number of amides is 1. The van der Waals surface area contributed by atoms with Crippen molar-refractivity contribution < 1.29 is 4.79 Å². The number of thioether (sulfide) groups is 1. The van der Waals surface area contributed by atoms with Crippen molar-refractivity contribution in [2.75, 3.05) is 24.3 Å².